The van der Waals surface area contributed by atoms with Crippen LogP contribution in [0.3, 0.4) is 0 Å². The van der Waals surface area contributed by atoms with E-state index in [0.717, 1.165) is 9.79 Å². The molecular formula is C18H13NO3S. The molecule has 0 aliphatic carbocycles. The third kappa shape index (κ3) is 4.11. The average Bonchev–Trinajstić information content (AvgIpc) is 2.56. The van der Waals surface area contributed by atoms with Gasteiger partial charge in [0.2, 0.25) is 0 Å². The number of nitrogens with zero attached hydrogens (tertiary/aromatic N) is 1. The van der Waals surface area contributed by atoms with Crippen LogP contribution in [-0.2, 0) is 0 Å². The predicted octanol–water partition coefficient (Wildman–Crippen LogP) is 5.54. The highest BCUT2D eigenvalue weighted by Gasteiger charge is 2.12. The maximum absolute atomic E-state index is 11.2. The summed E-state index contributed by atoms with van der Waals surface area (Å²) in [5.41, 5.74) is 0.0110. The molecule has 0 saturated heterocycles. The second-order valence-corrected chi connectivity index (χ2v) is 5.90. The van der Waals surface area contributed by atoms with Gasteiger partial charge in [0.25, 0.3) is 5.69 Å². The first kappa shape index (κ1) is 15.1. The summed E-state index contributed by atoms with van der Waals surface area (Å²) >= 11 is 1.46. The highest BCUT2D eigenvalue weighted by Crippen LogP contribution is 2.35. The van der Waals surface area contributed by atoms with Crippen LogP contribution in [0.1, 0.15) is 0 Å². The summed E-state index contributed by atoms with van der Waals surface area (Å²) in [7, 11) is 0. The van der Waals surface area contributed by atoms with Crippen LogP contribution < -0.4 is 4.74 Å². The Kier molecular flexibility index (Phi) is 4.59. The lowest BCUT2D eigenvalue weighted by atomic mass is 10.3. The minimum Gasteiger partial charge on any atom is -0.457 e. The molecule has 3 rings (SSSR count). The van der Waals surface area contributed by atoms with Crippen molar-refractivity contribution in [3.63, 3.8) is 0 Å². The van der Waals surface area contributed by atoms with E-state index >= 15 is 0 Å². The van der Waals surface area contributed by atoms with Crippen LogP contribution in [0.25, 0.3) is 0 Å². The molecule has 0 unspecified atom stereocenters. The molecule has 0 aliphatic rings. The van der Waals surface area contributed by atoms with Crippen LogP contribution in [-0.4, -0.2) is 4.92 Å². The number of rotatable bonds is 5. The Morgan fingerprint density at radius 2 is 1.43 bits per heavy atom. The van der Waals surface area contributed by atoms with Crippen molar-refractivity contribution in [2.75, 3.05) is 0 Å². The summed E-state index contributed by atoms with van der Waals surface area (Å²) in [5.74, 6) is 1.09. The van der Waals surface area contributed by atoms with Gasteiger partial charge in [0, 0.05) is 15.9 Å². The van der Waals surface area contributed by atoms with Crippen molar-refractivity contribution < 1.29 is 9.66 Å². The van der Waals surface area contributed by atoms with Crippen LogP contribution in [0.15, 0.2) is 88.7 Å². The topological polar surface area (TPSA) is 52.4 Å². The van der Waals surface area contributed by atoms with Crippen LogP contribution in [0.5, 0.6) is 11.5 Å². The first-order valence-electron chi connectivity index (χ1n) is 6.96. The van der Waals surface area contributed by atoms with Gasteiger partial charge in [0.15, 0.2) is 0 Å². The maximum Gasteiger partial charge on any atom is 0.274 e. The lowest BCUT2D eigenvalue weighted by Gasteiger charge is -2.08. The van der Waals surface area contributed by atoms with Crippen molar-refractivity contribution in [2.24, 2.45) is 0 Å². The molecule has 3 aromatic carbocycles. The van der Waals surface area contributed by atoms with Gasteiger partial charge in [-0.2, -0.15) is 0 Å². The molecule has 23 heavy (non-hydrogen) atoms. The third-order valence-electron chi connectivity index (χ3n) is 3.03. The molecule has 0 aliphatic heterocycles. The molecule has 0 spiro atoms. The van der Waals surface area contributed by atoms with E-state index in [-0.39, 0.29) is 5.69 Å². The van der Waals surface area contributed by atoms with Gasteiger partial charge in [-0.3, -0.25) is 10.1 Å². The monoisotopic (exact) mass is 323 g/mol. The molecule has 0 N–H and O–H groups in total. The first-order chi connectivity index (χ1) is 11.2. The lowest BCUT2D eigenvalue weighted by Crippen LogP contribution is -1.91. The van der Waals surface area contributed by atoms with Crippen molar-refractivity contribution in [3.05, 3.63) is 89.0 Å². The van der Waals surface area contributed by atoms with E-state index in [1.54, 1.807) is 12.1 Å². The van der Waals surface area contributed by atoms with Crippen LogP contribution in [0.2, 0.25) is 0 Å². The van der Waals surface area contributed by atoms with Gasteiger partial charge in [-0.05, 0) is 30.3 Å². The van der Waals surface area contributed by atoms with Crippen molar-refractivity contribution in [3.8, 4) is 11.5 Å². The number of ether oxygens (including phenoxy) is 1. The molecule has 114 valence electrons. The Morgan fingerprint density at radius 1 is 0.783 bits per heavy atom. The molecule has 0 amide bonds. The zero-order valence-electron chi connectivity index (χ0n) is 12.1. The molecule has 3 aromatic rings. The fourth-order valence-electron chi connectivity index (χ4n) is 2.03. The molecule has 4 nitrogen and oxygen atoms in total. The predicted molar refractivity (Wildman–Crippen MR) is 90.2 cm³/mol. The van der Waals surface area contributed by atoms with Gasteiger partial charge in [-0.1, -0.05) is 48.2 Å². The van der Waals surface area contributed by atoms with Crippen LogP contribution in [0, 0.1) is 10.1 Å². The zero-order chi connectivity index (χ0) is 16.1. The van der Waals surface area contributed by atoms with E-state index in [0.29, 0.717) is 11.5 Å². The minimum absolute atomic E-state index is 0.0110. The normalized spacial score (nSPS) is 10.3. The molecule has 0 bridgehead atoms. The molecular weight excluding hydrogens is 310 g/mol. The zero-order valence-corrected chi connectivity index (χ0v) is 12.9. The fourth-order valence-corrected chi connectivity index (χ4v) is 2.95. The summed E-state index contributed by atoms with van der Waals surface area (Å²) in [6, 6.07) is 23.7. The number of nitro benzene ring substituents is 1. The van der Waals surface area contributed by atoms with Crippen molar-refractivity contribution in [1.82, 2.24) is 0 Å². The Balaban J connectivity index is 1.91. The van der Waals surface area contributed by atoms with E-state index < -0.39 is 4.92 Å². The molecule has 0 fully saturated rings. The summed E-state index contributed by atoms with van der Waals surface area (Å²) in [6.45, 7) is 0. The molecule has 0 aromatic heterocycles. The number of hydrogen-bond donors (Lipinski definition) is 0. The fraction of sp³-hybridized carbons (Fsp3) is 0. The standard InChI is InChI=1S/C18H13NO3S/c20-19(21)14-11-16(22-15-7-3-1-4-8-15)13-18(12-14)23-17-9-5-2-6-10-17/h1-13H. The van der Waals surface area contributed by atoms with Crippen molar-refractivity contribution in [2.45, 2.75) is 9.79 Å². The number of nitro groups is 1. The van der Waals surface area contributed by atoms with Gasteiger partial charge in [-0.25, -0.2) is 0 Å². The number of benzene rings is 3. The maximum atomic E-state index is 11.2. The highest BCUT2D eigenvalue weighted by atomic mass is 32.2. The molecule has 0 heterocycles. The number of non-ortho nitro benzene ring substituents is 1. The Bertz CT molecular complexity index is 747. The second-order valence-electron chi connectivity index (χ2n) is 4.75. The van der Waals surface area contributed by atoms with Gasteiger partial charge in [0.1, 0.15) is 11.5 Å². The van der Waals surface area contributed by atoms with Crippen LogP contribution >= 0.6 is 11.8 Å². The Morgan fingerprint density at radius 3 is 2.09 bits per heavy atom. The quantitative estimate of drug-likeness (QED) is 0.457. The second kappa shape index (κ2) is 6.98. The minimum atomic E-state index is -0.410. The largest absolute Gasteiger partial charge is 0.457 e. The molecule has 0 saturated carbocycles. The number of hydrogen-bond acceptors (Lipinski definition) is 4. The van der Waals surface area contributed by atoms with Crippen molar-refractivity contribution in [1.29, 1.82) is 0 Å². The van der Waals surface area contributed by atoms with Gasteiger partial charge in [0.05, 0.1) is 11.0 Å². The molecule has 5 heteroatoms. The summed E-state index contributed by atoms with van der Waals surface area (Å²) < 4.78 is 5.73. The van der Waals surface area contributed by atoms with Gasteiger partial charge in [-0.15, -0.1) is 0 Å². The number of para-hydroxylation sites is 1. The SMILES string of the molecule is O=[N+]([O-])c1cc(Oc2ccccc2)cc(Sc2ccccc2)c1. The van der Waals surface area contributed by atoms with Gasteiger partial charge < -0.3 is 4.74 Å². The highest BCUT2D eigenvalue weighted by molar-refractivity contribution is 7.99. The van der Waals surface area contributed by atoms with E-state index in [9.17, 15) is 10.1 Å². The Hall–Kier alpha value is -2.79. The summed E-state index contributed by atoms with van der Waals surface area (Å²) in [6.07, 6.45) is 0. The van der Waals surface area contributed by atoms with Gasteiger partial charge >= 0.3 is 0 Å². The van der Waals surface area contributed by atoms with E-state index in [1.165, 1.54) is 17.8 Å². The van der Waals surface area contributed by atoms with E-state index in [2.05, 4.69) is 0 Å². The Labute approximate surface area is 137 Å². The lowest BCUT2D eigenvalue weighted by molar-refractivity contribution is -0.385. The third-order valence-corrected chi connectivity index (χ3v) is 4.01. The summed E-state index contributed by atoms with van der Waals surface area (Å²) in [5, 5.41) is 11.2. The summed E-state index contributed by atoms with van der Waals surface area (Å²) in [4.78, 5) is 12.5. The first-order valence-corrected chi connectivity index (χ1v) is 7.78. The average molecular weight is 323 g/mol. The van der Waals surface area contributed by atoms with Crippen LogP contribution in [0.4, 0.5) is 5.69 Å². The smallest absolute Gasteiger partial charge is 0.274 e. The van der Waals surface area contributed by atoms with E-state index in [4.69, 9.17) is 4.74 Å². The van der Waals surface area contributed by atoms with Crippen molar-refractivity contribution >= 4 is 17.4 Å². The molecule has 0 radical (unpaired) electrons. The molecule has 0 atom stereocenters. The van der Waals surface area contributed by atoms with E-state index in [1.807, 2.05) is 60.7 Å².